The summed E-state index contributed by atoms with van der Waals surface area (Å²) in [5, 5.41) is 4.11. The van der Waals surface area contributed by atoms with Crippen LogP contribution >= 0.6 is 0 Å². The quantitative estimate of drug-likeness (QED) is 0.408. The SMILES string of the molecule is O=C(CN1C(=O)c2ccccc2C1c1c(-c2ccccc2)[nH]c2ccccc12)NCCN1CCCC1. The van der Waals surface area contributed by atoms with Crippen LogP contribution in [-0.2, 0) is 4.79 Å². The van der Waals surface area contributed by atoms with Gasteiger partial charge < -0.3 is 20.1 Å². The van der Waals surface area contributed by atoms with Crippen LogP contribution < -0.4 is 5.32 Å². The van der Waals surface area contributed by atoms with Crippen molar-refractivity contribution < 1.29 is 9.59 Å². The predicted octanol–water partition coefficient (Wildman–Crippen LogP) is 4.59. The molecule has 1 saturated heterocycles. The minimum atomic E-state index is -0.357. The van der Waals surface area contributed by atoms with Crippen molar-refractivity contribution in [3.05, 3.63) is 95.6 Å². The van der Waals surface area contributed by atoms with Gasteiger partial charge in [0.05, 0.1) is 11.7 Å². The van der Waals surface area contributed by atoms with E-state index in [9.17, 15) is 9.59 Å². The lowest BCUT2D eigenvalue weighted by Gasteiger charge is -2.26. The Morgan fingerprint density at radius 3 is 2.47 bits per heavy atom. The van der Waals surface area contributed by atoms with Gasteiger partial charge in [0.25, 0.3) is 5.91 Å². The van der Waals surface area contributed by atoms with Gasteiger partial charge in [-0.3, -0.25) is 9.59 Å². The third kappa shape index (κ3) is 4.07. The molecule has 3 heterocycles. The number of nitrogens with one attached hydrogen (secondary N) is 2. The molecule has 6 rings (SSSR count). The Morgan fingerprint density at radius 1 is 0.917 bits per heavy atom. The lowest BCUT2D eigenvalue weighted by molar-refractivity contribution is -0.122. The van der Waals surface area contributed by atoms with Crippen LogP contribution in [0.15, 0.2) is 78.9 Å². The van der Waals surface area contributed by atoms with Gasteiger partial charge >= 0.3 is 0 Å². The zero-order valence-electron chi connectivity index (χ0n) is 20.2. The molecule has 0 spiro atoms. The number of benzene rings is 3. The maximum absolute atomic E-state index is 13.6. The molecule has 0 radical (unpaired) electrons. The molecule has 3 aromatic carbocycles. The molecule has 6 heteroatoms. The maximum Gasteiger partial charge on any atom is 0.255 e. The Bertz CT molecular complexity index is 1410. The van der Waals surface area contributed by atoms with Crippen LogP contribution in [0.25, 0.3) is 22.2 Å². The van der Waals surface area contributed by atoms with Gasteiger partial charge in [-0.2, -0.15) is 0 Å². The van der Waals surface area contributed by atoms with Gasteiger partial charge in [-0.1, -0.05) is 66.7 Å². The Morgan fingerprint density at radius 2 is 1.64 bits per heavy atom. The van der Waals surface area contributed by atoms with Gasteiger partial charge in [-0.25, -0.2) is 0 Å². The molecule has 1 fully saturated rings. The number of rotatable bonds is 7. The molecular weight excluding hydrogens is 448 g/mol. The molecule has 0 bridgehead atoms. The molecule has 2 aliphatic rings. The van der Waals surface area contributed by atoms with Crippen molar-refractivity contribution in [2.45, 2.75) is 18.9 Å². The van der Waals surface area contributed by atoms with E-state index in [0.717, 1.165) is 52.9 Å². The molecule has 6 nitrogen and oxygen atoms in total. The molecule has 1 atom stereocenters. The maximum atomic E-state index is 13.6. The van der Waals surface area contributed by atoms with Crippen LogP contribution in [0.2, 0.25) is 0 Å². The van der Waals surface area contributed by atoms with E-state index in [0.29, 0.717) is 12.1 Å². The molecule has 2 aliphatic heterocycles. The lowest BCUT2D eigenvalue weighted by Crippen LogP contribution is -2.41. The number of para-hydroxylation sites is 1. The largest absolute Gasteiger partial charge is 0.354 e. The van der Waals surface area contributed by atoms with Crippen molar-refractivity contribution in [2.75, 3.05) is 32.7 Å². The predicted molar refractivity (Wildman–Crippen MR) is 142 cm³/mol. The van der Waals surface area contributed by atoms with Crippen LogP contribution in [0.3, 0.4) is 0 Å². The number of aromatic nitrogens is 1. The average Bonchev–Trinajstić information content (AvgIpc) is 3.62. The van der Waals surface area contributed by atoms with E-state index in [1.165, 1.54) is 12.8 Å². The lowest BCUT2D eigenvalue weighted by atomic mass is 9.93. The first-order valence-electron chi connectivity index (χ1n) is 12.8. The minimum absolute atomic E-state index is 0.0198. The third-order valence-corrected chi connectivity index (χ3v) is 7.40. The fraction of sp³-hybridized carbons (Fsp3) is 0.267. The van der Waals surface area contributed by atoms with E-state index in [1.807, 2.05) is 54.6 Å². The molecule has 2 N–H and O–H groups in total. The van der Waals surface area contributed by atoms with Gasteiger partial charge in [0.2, 0.25) is 5.91 Å². The van der Waals surface area contributed by atoms with E-state index in [2.05, 4.69) is 39.5 Å². The van der Waals surface area contributed by atoms with Crippen molar-refractivity contribution in [3.63, 3.8) is 0 Å². The van der Waals surface area contributed by atoms with Crippen LogP contribution in [0.4, 0.5) is 0 Å². The number of fused-ring (bicyclic) bond motifs is 2. The number of carbonyl (C=O) groups excluding carboxylic acids is 2. The highest BCUT2D eigenvalue weighted by Gasteiger charge is 2.40. The van der Waals surface area contributed by atoms with Crippen LogP contribution in [-0.4, -0.2) is 59.3 Å². The first-order chi connectivity index (χ1) is 17.7. The summed E-state index contributed by atoms with van der Waals surface area (Å²) in [6.45, 7) is 3.66. The van der Waals surface area contributed by atoms with Gasteiger partial charge in [0.1, 0.15) is 6.54 Å². The van der Waals surface area contributed by atoms with Crippen LogP contribution in [0, 0.1) is 0 Å². The number of likely N-dealkylation sites (tertiary alicyclic amines) is 1. The zero-order chi connectivity index (χ0) is 24.5. The summed E-state index contributed by atoms with van der Waals surface area (Å²) in [6, 6.07) is 25.7. The van der Waals surface area contributed by atoms with Crippen molar-refractivity contribution in [1.82, 2.24) is 20.1 Å². The third-order valence-electron chi connectivity index (χ3n) is 7.40. The molecule has 0 aliphatic carbocycles. The van der Waals surface area contributed by atoms with Gasteiger partial charge in [-0.15, -0.1) is 0 Å². The normalized spacial score (nSPS) is 17.6. The Labute approximate surface area is 210 Å². The first kappa shape index (κ1) is 22.6. The van der Waals surface area contributed by atoms with Gasteiger partial charge in [-0.05, 0) is 49.2 Å². The second kappa shape index (κ2) is 9.63. The summed E-state index contributed by atoms with van der Waals surface area (Å²) in [7, 11) is 0. The fourth-order valence-corrected chi connectivity index (χ4v) is 5.69. The highest BCUT2D eigenvalue weighted by molar-refractivity contribution is 6.03. The average molecular weight is 479 g/mol. The summed E-state index contributed by atoms with van der Waals surface area (Å²) in [4.78, 5) is 34.4. The minimum Gasteiger partial charge on any atom is -0.354 e. The number of carbonyl (C=O) groups is 2. The fourth-order valence-electron chi connectivity index (χ4n) is 5.69. The topological polar surface area (TPSA) is 68.4 Å². The molecular formula is C30H30N4O2. The standard InChI is InChI=1S/C30H30N4O2/c35-26(31-16-19-33-17-8-9-18-33)20-34-29(22-12-4-5-13-23(22)30(34)36)27-24-14-6-7-15-25(24)32-28(27)21-10-2-1-3-11-21/h1-7,10-15,29,32H,8-9,16-20H2,(H,31,35). The van der Waals surface area contributed by atoms with Crippen molar-refractivity contribution in [3.8, 4) is 11.3 Å². The van der Waals surface area contributed by atoms with Crippen molar-refractivity contribution in [1.29, 1.82) is 0 Å². The van der Waals surface area contributed by atoms with Gasteiger partial charge in [0, 0.05) is 35.1 Å². The molecule has 0 saturated carbocycles. The van der Waals surface area contributed by atoms with E-state index in [-0.39, 0.29) is 24.4 Å². The monoisotopic (exact) mass is 478 g/mol. The second-order valence-corrected chi connectivity index (χ2v) is 9.65. The number of aromatic amines is 1. The van der Waals surface area contributed by atoms with Crippen molar-refractivity contribution in [2.24, 2.45) is 0 Å². The number of amides is 2. The molecule has 2 amide bonds. The second-order valence-electron chi connectivity index (χ2n) is 9.65. The summed E-state index contributed by atoms with van der Waals surface area (Å²) >= 11 is 0. The van der Waals surface area contributed by atoms with E-state index in [4.69, 9.17) is 0 Å². The molecule has 182 valence electrons. The summed E-state index contributed by atoms with van der Waals surface area (Å²) in [5.41, 5.74) is 5.67. The van der Waals surface area contributed by atoms with Gasteiger partial charge in [0.15, 0.2) is 0 Å². The number of hydrogen-bond acceptors (Lipinski definition) is 3. The number of H-pyrrole nitrogens is 1. The first-order valence-corrected chi connectivity index (χ1v) is 12.8. The Kier molecular flexibility index (Phi) is 6.03. The summed E-state index contributed by atoms with van der Waals surface area (Å²) in [6.07, 6.45) is 2.45. The molecule has 36 heavy (non-hydrogen) atoms. The van der Waals surface area contributed by atoms with Crippen molar-refractivity contribution >= 4 is 22.7 Å². The Balaban J connectivity index is 1.38. The van der Waals surface area contributed by atoms with E-state index in [1.54, 1.807) is 4.90 Å². The van der Waals surface area contributed by atoms with Crippen LogP contribution in [0.1, 0.15) is 40.4 Å². The molecule has 1 unspecified atom stereocenters. The zero-order valence-corrected chi connectivity index (χ0v) is 20.2. The number of nitrogens with zero attached hydrogens (tertiary/aromatic N) is 2. The smallest absolute Gasteiger partial charge is 0.255 e. The van der Waals surface area contributed by atoms with E-state index < -0.39 is 0 Å². The molecule has 1 aromatic heterocycles. The van der Waals surface area contributed by atoms with Crippen LogP contribution in [0.5, 0.6) is 0 Å². The highest BCUT2D eigenvalue weighted by Crippen LogP contribution is 2.45. The Hall–Kier alpha value is -3.90. The summed E-state index contributed by atoms with van der Waals surface area (Å²) in [5.74, 6) is -0.226. The number of hydrogen-bond donors (Lipinski definition) is 2. The summed E-state index contributed by atoms with van der Waals surface area (Å²) < 4.78 is 0. The highest BCUT2D eigenvalue weighted by atomic mass is 16.2. The van der Waals surface area contributed by atoms with E-state index >= 15 is 0 Å². The molecule has 4 aromatic rings.